The Hall–Kier alpha value is -1.41. The van der Waals surface area contributed by atoms with Crippen LogP contribution in [0.2, 0.25) is 0 Å². The third-order valence-electron chi connectivity index (χ3n) is 6.18. The summed E-state index contributed by atoms with van der Waals surface area (Å²) in [5.41, 5.74) is 7.44. The van der Waals surface area contributed by atoms with Gasteiger partial charge in [0.05, 0.1) is 0 Å². The summed E-state index contributed by atoms with van der Waals surface area (Å²) in [5.74, 6) is 1.80. The molecular weight excluding hydrogens is 378 g/mol. The van der Waals surface area contributed by atoms with Crippen molar-refractivity contribution in [3.8, 4) is 5.88 Å². The zero-order chi connectivity index (χ0) is 18.6. The van der Waals surface area contributed by atoms with Gasteiger partial charge in [-0.1, -0.05) is 6.92 Å². The number of ether oxygens (including phenoxy) is 1. The van der Waals surface area contributed by atoms with Crippen LogP contribution in [0.25, 0.3) is 0 Å². The van der Waals surface area contributed by atoms with Gasteiger partial charge >= 0.3 is 0 Å². The summed E-state index contributed by atoms with van der Waals surface area (Å²) < 4.78 is 6.07. The number of hydrazine groups is 1. The second-order valence-corrected chi connectivity index (χ2v) is 8.25. The molecule has 3 unspecified atom stereocenters. The molecule has 0 bridgehead atoms. The molecule has 0 spiro atoms. The first-order valence-corrected chi connectivity index (χ1v) is 10.3. The normalized spacial score (nSPS) is 32.1. The predicted octanol–water partition coefficient (Wildman–Crippen LogP) is 1.53. The van der Waals surface area contributed by atoms with Gasteiger partial charge in [0.15, 0.2) is 0 Å². The Morgan fingerprint density at radius 2 is 2.07 bits per heavy atom. The lowest BCUT2D eigenvalue weighted by molar-refractivity contribution is -0.124. The van der Waals surface area contributed by atoms with E-state index >= 15 is 0 Å². The van der Waals surface area contributed by atoms with E-state index in [4.69, 9.17) is 4.74 Å². The minimum atomic E-state index is -0.190. The molecule has 0 aromatic carbocycles. The molecule has 156 valence electrons. The molecule has 3 heterocycles. The molecule has 4 N–H and O–H groups in total. The Labute approximate surface area is 173 Å². The molecular formula is C20H32ClN5O2. The van der Waals surface area contributed by atoms with Crippen molar-refractivity contribution < 1.29 is 9.53 Å². The predicted molar refractivity (Wildman–Crippen MR) is 110 cm³/mol. The summed E-state index contributed by atoms with van der Waals surface area (Å²) in [7, 11) is 0. The van der Waals surface area contributed by atoms with E-state index in [-0.39, 0.29) is 30.5 Å². The second kappa shape index (κ2) is 9.87. The molecule has 8 heteroatoms. The molecule has 1 aromatic rings. The van der Waals surface area contributed by atoms with E-state index in [1.807, 2.05) is 12.1 Å². The van der Waals surface area contributed by atoms with Crippen LogP contribution in [-0.4, -0.2) is 42.2 Å². The van der Waals surface area contributed by atoms with E-state index in [9.17, 15) is 4.79 Å². The summed E-state index contributed by atoms with van der Waals surface area (Å²) in [5, 5.41) is 6.44. The largest absolute Gasteiger partial charge is 0.474 e. The molecule has 1 aliphatic carbocycles. The zero-order valence-electron chi connectivity index (χ0n) is 16.4. The van der Waals surface area contributed by atoms with Crippen LogP contribution >= 0.6 is 12.4 Å². The lowest BCUT2D eigenvalue weighted by atomic mass is 9.89. The van der Waals surface area contributed by atoms with E-state index in [0.29, 0.717) is 24.4 Å². The molecule has 1 amide bonds. The van der Waals surface area contributed by atoms with Crippen LogP contribution in [0.3, 0.4) is 0 Å². The van der Waals surface area contributed by atoms with Gasteiger partial charge in [-0.2, -0.15) is 0 Å². The highest BCUT2D eigenvalue weighted by Crippen LogP contribution is 2.26. The Morgan fingerprint density at radius 3 is 2.89 bits per heavy atom. The van der Waals surface area contributed by atoms with E-state index in [1.165, 1.54) is 12.8 Å². The molecule has 2 saturated heterocycles. The van der Waals surface area contributed by atoms with Crippen molar-refractivity contribution in [3.05, 3.63) is 23.9 Å². The fourth-order valence-corrected chi connectivity index (χ4v) is 4.42. The monoisotopic (exact) mass is 409 g/mol. The molecule has 3 atom stereocenters. The highest BCUT2D eigenvalue weighted by Gasteiger charge is 2.40. The fourth-order valence-electron chi connectivity index (χ4n) is 4.42. The summed E-state index contributed by atoms with van der Waals surface area (Å²) in [6, 6.07) is 4.07. The number of fused-ring (bicyclic) bond motifs is 1. The Bertz CT molecular complexity index is 653. The van der Waals surface area contributed by atoms with Crippen molar-refractivity contribution in [2.24, 2.45) is 11.8 Å². The van der Waals surface area contributed by atoms with Gasteiger partial charge in [-0.05, 0) is 56.2 Å². The van der Waals surface area contributed by atoms with Gasteiger partial charge in [-0.25, -0.2) is 10.4 Å². The minimum Gasteiger partial charge on any atom is -0.474 e. The third-order valence-corrected chi connectivity index (χ3v) is 6.18. The second-order valence-electron chi connectivity index (χ2n) is 8.25. The van der Waals surface area contributed by atoms with Crippen LogP contribution in [0.5, 0.6) is 5.88 Å². The number of hydrogen-bond donors (Lipinski definition) is 4. The van der Waals surface area contributed by atoms with Gasteiger partial charge in [0.2, 0.25) is 11.8 Å². The molecule has 3 fully saturated rings. The highest BCUT2D eigenvalue weighted by molar-refractivity contribution is 5.85. The van der Waals surface area contributed by atoms with Crippen LogP contribution in [0.15, 0.2) is 18.3 Å². The maximum Gasteiger partial charge on any atom is 0.239 e. The fraction of sp³-hybridized carbons (Fsp3) is 0.700. The summed E-state index contributed by atoms with van der Waals surface area (Å²) in [6.45, 7) is 4.67. The first-order chi connectivity index (χ1) is 13.2. The van der Waals surface area contributed by atoms with Crippen molar-refractivity contribution in [1.29, 1.82) is 0 Å². The van der Waals surface area contributed by atoms with Gasteiger partial charge in [0.1, 0.15) is 12.1 Å². The van der Waals surface area contributed by atoms with Crippen LogP contribution in [0.1, 0.15) is 44.6 Å². The van der Waals surface area contributed by atoms with Crippen molar-refractivity contribution in [2.45, 2.75) is 63.8 Å². The highest BCUT2D eigenvalue weighted by atomic mass is 35.5. The number of aromatic nitrogens is 1. The van der Waals surface area contributed by atoms with E-state index in [1.54, 1.807) is 6.20 Å². The number of rotatable bonds is 5. The molecule has 3 aliphatic rings. The summed E-state index contributed by atoms with van der Waals surface area (Å²) >= 11 is 0. The van der Waals surface area contributed by atoms with Gasteiger partial charge < -0.3 is 15.4 Å². The van der Waals surface area contributed by atoms with Crippen molar-refractivity contribution >= 4 is 18.3 Å². The number of piperidine rings is 1. The third kappa shape index (κ3) is 5.14. The molecule has 2 aliphatic heterocycles. The topological polar surface area (TPSA) is 87.3 Å². The number of carbonyl (C=O) groups is 1. The molecule has 28 heavy (non-hydrogen) atoms. The number of pyridine rings is 1. The lowest BCUT2D eigenvalue weighted by Crippen LogP contribution is -2.49. The maximum absolute atomic E-state index is 12.6. The van der Waals surface area contributed by atoms with E-state index in [0.717, 1.165) is 43.8 Å². The lowest BCUT2D eigenvalue weighted by Gasteiger charge is -2.27. The number of amides is 1. The van der Waals surface area contributed by atoms with Gasteiger partial charge in [-0.3, -0.25) is 10.2 Å². The first kappa shape index (κ1) is 21.3. The molecule has 1 saturated carbocycles. The Kier molecular flexibility index (Phi) is 7.51. The summed E-state index contributed by atoms with van der Waals surface area (Å²) in [4.78, 5) is 17.0. The standard InChI is InChI=1S/C20H31N5O2.ClH/c1-13-2-4-15(5-3-13)27-18-10-14(6-9-22-18)11-23-20(26)19-16-12-21-8-7-17(16)24-25-19;/h6,9-10,13,15-17,19,21,24-25H,2-5,7-8,11-12H2,1H3,(H,23,26);1H. The molecule has 7 nitrogen and oxygen atoms in total. The van der Waals surface area contributed by atoms with Gasteiger partial charge in [-0.15, -0.1) is 12.4 Å². The Morgan fingerprint density at radius 1 is 1.25 bits per heavy atom. The van der Waals surface area contributed by atoms with E-state index < -0.39 is 0 Å². The molecule has 1 aromatic heterocycles. The number of halogens is 1. The molecule has 4 rings (SSSR count). The maximum atomic E-state index is 12.6. The average molecular weight is 410 g/mol. The number of nitrogens with one attached hydrogen (secondary N) is 4. The minimum absolute atomic E-state index is 0. The van der Waals surface area contributed by atoms with Crippen molar-refractivity contribution in [2.75, 3.05) is 13.1 Å². The number of carbonyl (C=O) groups excluding carboxylic acids is 1. The summed E-state index contributed by atoms with van der Waals surface area (Å²) in [6.07, 6.45) is 7.72. The number of hydrogen-bond acceptors (Lipinski definition) is 6. The molecule has 0 radical (unpaired) electrons. The van der Waals surface area contributed by atoms with Crippen LogP contribution in [-0.2, 0) is 11.3 Å². The van der Waals surface area contributed by atoms with Crippen LogP contribution < -0.4 is 26.2 Å². The SMILES string of the molecule is CC1CCC(Oc2cc(CNC(=O)C3NNC4CCNCC43)ccn2)CC1.Cl. The average Bonchev–Trinajstić information content (AvgIpc) is 3.13. The smallest absolute Gasteiger partial charge is 0.239 e. The Balaban J connectivity index is 0.00000225. The van der Waals surface area contributed by atoms with Crippen LogP contribution in [0.4, 0.5) is 0 Å². The zero-order valence-corrected chi connectivity index (χ0v) is 17.3. The van der Waals surface area contributed by atoms with Crippen LogP contribution in [0, 0.1) is 11.8 Å². The first-order valence-electron chi connectivity index (χ1n) is 10.3. The van der Waals surface area contributed by atoms with E-state index in [2.05, 4.69) is 33.4 Å². The van der Waals surface area contributed by atoms with Gasteiger partial charge in [0.25, 0.3) is 0 Å². The van der Waals surface area contributed by atoms with Crippen molar-refractivity contribution in [3.63, 3.8) is 0 Å². The van der Waals surface area contributed by atoms with Crippen molar-refractivity contribution in [1.82, 2.24) is 26.5 Å². The number of nitrogens with zero attached hydrogens (tertiary/aromatic N) is 1. The quantitative estimate of drug-likeness (QED) is 0.590. The van der Waals surface area contributed by atoms with Gasteiger partial charge in [0, 0.05) is 37.3 Å².